The van der Waals surface area contributed by atoms with Gasteiger partial charge >= 0.3 is 5.97 Å². The van der Waals surface area contributed by atoms with Crippen LogP contribution < -0.4 is 5.56 Å². The average molecular weight is 387 g/mol. The maximum absolute atomic E-state index is 12.5. The first-order chi connectivity index (χ1) is 13.4. The highest BCUT2D eigenvalue weighted by atomic mass is 16.5. The van der Waals surface area contributed by atoms with E-state index in [1.54, 1.807) is 29.2 Å². The van der Waals surface area contributed by atoms with Gasteiger partial charge in [-0.2, -0.15) is 0 Å². The van der Waals surface area contributed by atoms with Crippen molar-refractivity contribution < 1.29 is 14.3 Å². The summed E-state index contributed by atoms with van der Waals surface area (Å²) in [7, 11) is 0. The van der Waals surface area contributed by atoms with Crippen molar-refractivity contribution in [1.82, 2.24) is 14.9 Å². The van der Waals surface area contributed by atoms with Gasteiger partial charge in [0.2, 0.25) is 0 Å². The maximum Gasteiger partial charge on any atom is 0.306 e. The van der Waals surface area contributed by atoms with Gasteiger partial charge in [-0.3, -0.25) is 14.4 Å². The Bertz CT molecular complexity index is 867. The molecule has 0 saturated heterocycles. The Morgan fingerprint density at radius 3 is 2.43 bits per heavy atom. The van der Waals surface area contributed by atoms with Gasteiger partial charge in [0.05, 0.1) is 17.3 Å². The van der Waals surface area contributed by atoms with Crippen molar-refractivity contribution in [3.63, 3.8) is 0 Å². The quantitative estimate of drug-likeness (QED) is 0.668. The molecule has 7 heteroatoms. The summed E-state index contributed by atoms with van der Waals surface area (Å²) in [6.45, 7) is 7.77. The molecule has 7 nitrogen and oxygen atoms in total. The zero-order valence-corrected chi connectivity index (χ0v) is 17.0. The minimum Gasteiger partial charge on any atom is -0.456 e. The molecule has 2 rings (SSSR count). The zero-order valence-electron chi connectivity index (χ0n) is 17.0. The SMILES string of the molecule is CC[C@@H](C)N(C(=O)COC(=O)CCc1nc2ccccc2c(=O)[nH]1)[C@@H](C)CC. The number of fused-ring (bicyclic) bond motifs is 1. The monoisotopic (exact) mass is 387 g/mol. The maximum atomic E-state index is 12.5. The molecule has 0 bridgehead atoms. The molecule has 2 aromatic rings. The number of hydrogen-bond donors (Lipinski definition) is 1. The second-order valence-corrected chi connectivity index (χ2v) is 7.01. The fourth-order valence-corrected chi connectivity index (χ4v) is 3.08. The van der Waals surface area contributed by atoms with E-state index in [0.717, 1.165) is 12.8 Å². The van der Waals surface area contributed by atoms with Gasteiger partial charge in [0.25, 0.3) is 11.5 Å². The lowest BCUT2D eigenvalue weighted by Crippen LogP contribution is -2.46. The summed E-state index contributed by atoms with van der Waals surface area (Å²) in [5.41, 5.74) is 0.351. The second kappa shape index (κ2) is 10.0. The first-order valence-electron chi connectivity index (χ1n) is 9.82. The van der Waals surface area contributed by atoms with Gasteiger partial charge in [-0.15, -0.1) is 0 Å². The van der Waals surface area contributed by atoms with Gasteiger partial charge in [0.1, 0.15) is 5.82 Å². The number of aromatic nitrogens is 2. The summed E-state index contributed by atoms with van der Waals surface area (Å²) in [6.07, 6.45) is 1.96. The fraction of sp³-hybridized carbons (Fsp3) is 0.524. The second-order valence-electron chi connectivity index (χ2n) is 7.01. The Labute approximate surface area is 165 Å². The standard InChI is InChI=1S/C21H29N3O4/c1-5-14(3)24(15(4)6-2)19(25)13-28-20(26)12-11-18-22-17-10-8-7-9-16(17)21(27)23-18/h7-10,14-15H,5-6,11-13H2,1-4H3,(H,22,23,27)/t14-,15+. The van der Waals surface area contributed by atoms with Crippen molar-refractivity contribution in [2.24, 2.45) is 0 Å². The van der Waals surface area contributed by atoms with E-state index in [2.05, 4.69) is 9.97 Å². The lowest BCUT2D eigenvalue weighted by molar-refractivity contribution is -0.154. The molecule has 1 aromatic heterocycles. The van der Waals surface area contributed by atoms with Gasteiger partial charge < -0.3 is 14.6 Å². The number of hydrogen-bond acceptors (Lipinski definition) is 5. The minimum atomic E-state index is -0.489. The molecule has 0 fully saturated rings. The number of aromatic amines is 1. The third kappa shape index (κ3) is 5.41. The molecular formula is C21H29N3O4. The highest BCUT2D eigenvalue weighted by Gasteiger charge is 2.24. The van der Waals surface area contributed by atoms with E-state index in [0.29, 0.717) is 16.7 Å². The number of nitrogens with one attached hydrogen (secondary N) is 1. The summed E-state index contributed by atoms with van der Waals surface area (Å²) in [6, 6.07) is 7.21. The predicted octanol–water partition coefficient (Wildman–Crippen LogP) is 2.82. The molecule has 28 heavy (non-hydrogen) atoms. The van der Waals surface area contributed by atoms with Crippen molar-refractivity contribution in [3.05, 3.63) is 40.4 Å². The molecular weight excluding hydrogens is 358 g/mol. The van der Waals surface area contributed by atoms with Crippen LogP contribution in [0.1, 0.15) is 52.8 Å². The number of nitrogens with zero attached hydrogens (tertiary/aromatic N) is 2. The van der Waals surface area contributed by atoms with Crippen LogP contribution in [0.2, 0.25) is 0 Å². The third-order valence-corrected chi connectivity index (χ3v) is 5.00. The molecule has 0 radical (unpaired) electrons. The predicted molar refractivity (Wildman–Crippen MR) is 108 cm³/mol. The largest absolute Gasteiger partial charge is 0.456 e. The van der Waals surface area contributed by atoms with Crippen molar-refractivity contribution in [1.29, 1.82) is 0 Å². The van der Waals surface area contributed by atoms with E-state index in [-0.39, 0.29) is 43.0 Å². The molecule has 152 valence electrons. The summed E-state index contributed by atoms with van der Waals surface area (Å²) < 4.78 is 5.16. The van der Waals surface area contributed by atoms with E-state index >= 15 is 0 Å². The first kappa shape index (κ1) is 21.6. The summed E-state index contributed by atoms with van der Waals surface area (Å²) in [5, 5.41) is 0.509. The number of H-pyrrole nitrogens is 1. The van der Waals surface area contributed by atoms with Gasteiger partial charge in [0.15, 0.2) is 6.61 Å². The Hall–Kier alpha value is -2.70. The van der Waals surface area contributed by atoms with Crippen molar-refractivity contribution >= 4 is 22.8 Å². The number of rotatable bonds is 9. The summed E-state index contributed by atoms with van der Waals surface area (Å²) in [5.74, 6) is -0.250. The van der Waals surface area contributed by atoms with Crippen molar-refractivity contribution in [2.45, 2.75) is 65.5 Å². The topological polar surface area (TPSA) is 92.4 Å². The number of para-hydroxylation sites is 1. The van der Waals surface area contributed by atoms with Crippen LogP contribution in [0.25, 0.3) is 10.9 Å². The summed E-state index contributed by atoms with van der Waals surface area (Å²) >= 11 is 0. The molecule has 1 aromatic carbocycles. The van der Waals surface area contributed by atoms with Crippen LogP contribution in [0, 0.1) is 0 Å². The molecule has 0 spiro atoms. The van der Waals surface area contributed by atoms with Gasteiger partial charge in [-0.1, -0.05) is 26.0 Å². The first-order valence-corrected chi connectivity index (χ1v) is 9.82. The smallest absolute Gasteiger partial charge is 0.306 e. The zero-order chi connectivity index (χ0) is 20.7. The Kier molecular flexibility index (Phi) is 7.72. The highest BCUT2D eigenvalue weighted by Crippen LogP contribution is 2.12. The number of esters is 1. The van der Waals surface area contributed by atoms with Crippen LogP contribution in [0.4, 0.5) is 0 Å². The van der Waals surface area contributed by atoms with Crippen LogP contribution in [0.5, 0.6) is 0 Å². The van der Waals surface area contributed by atoms with E-state index in [1.165, 1.54) is 0 Å². The van der Waals surface area contributed by atoms with Crippen LogP contribution in [-0.4, -0.2) is 45.4 Å². The minimum absolute atomic E-state index is 0.0429. The van der Waals surface area contributed by atoms with E-state index in [9.17, 15) is 14.4 Å². The number of carbonyl (C=O) groups is 2. The molecule has 0 saturated carbocycles. The molecule has 1 N–H and O–H groups in total. The third-order valence-electron chi connectivity index (χ3n) is 5.00. The molecule has 0 aliphatic heterocycles. The highest BCUT2D eigenvalue weighted by molar-refractivity contribution is 5.81. The van der Waals surface area contributed by atoms with Crippen LogP contribution in [0.15, 0.2) is 29.1 Å². The number of aryl methyl sites for hydroxylation is 1. The van der Waals surface area contributed by atoms with Crippen LogP contribution in [-0.2, 0) is 20.7 Å². The molecule has 0 aliphatic rings. The lowest BCUT2D eigenvalue weighted by Gasteiger charge is -2.33. The Balaban J connectivity index is 1.92. The van der Waals surface area contributed by atoms with E-state index in [1.807, 2.05) is 27.7 Å². The summed E-state index contributed by atoms with van der Waals surface area (Å²) in [4.78, 5) is 45.5. The normalized spacial score (nSPS) is 13.1. The Morgan fingerprint density at radius 2 is 1.79 bits per heavy atom. The van der Waals surface area contributed by atoms with Crippen molar-refractivity contribution in [3.8, 4) is 0 Å². The molecule has 0 unspecified atom stereocenters. The molecule has 1 amide bonds. The number of carbonyl (C=O) groups excluding carboxylic acids is 2. The van der Waals surface area contributed by atoms with E-state index in [4.69, 9.17) is 4.74 Å². The average Bonchev–Trinajstić information content (AvgIpc) is 2.70. The van der Waals surface area contributed by atoms with Gasteiger partial charge in [0, 0.05) is 18.5 Å². The van der Waals surface area contributed by atoms with Gasteiger partial charge in [-0.25, -0.2) is 4.98 Å². The molecule has 0 aliphatic carbocycles. The van der Waals surface area contributed by atoms with Crippen molar-refractivity contribution in [2.75, 3.05) is 6.61 Å². The Morgan fingerprint density at radius 1 is 1.14 bits per heavy atom. The molecule has 2 atom stereocenters. The number of amides is 1. The van der Waals surface area contributed by atoms with E-state index < -0.39 is 5.97 Å². The number of benzene rings is 1. The molecule has 1 heterocycles. The fourth-order valence-electron chi connectivity index (χ4n) is 3.08. The number of ether oxygens (including phenoxy) is 1. The van der Waals surface area contributed by atoms with Crippen LogP contribution in [0.3, 0.4) is 0 Å². The lowest BCUT2D eigenvalue weighted by atomic mass is 10.1. The van der Waals surface area contributed by atoms with Gasteiger partial charge in [-0.05, 0) is 38.8 Å². The van der Waals surface area contributed by atoms with Crippen LogP contribution >= 0.6 is 0 Å².